The predicted octanol–water partition coefficient (Wildman–Crippen LogP) is 21.0. The van der Waals surface area contributed by atoms with Gasteiger partial charge in [-0.3, -0.25) is 15.0 Å². The van der Waals surface area contributed by atoms with Crippen molar-refractivity contribution in [3.05, 3.63) is 161 Å². The van der Waals surface area contributed by atoms with E-state index in [0.29, 0.717) is 0 Å². The first-order chi connectivity index (χ1) is 35.5. The Morgan fingerprint density at radius 3 is 0.736 bits per heavy atom. The minimum Gasteiger partial charge on any atom is -0.256 e. The van der Waals surface area contributed by atoms with E-state index in [1.807, 2.05) is 0 Å². The van der Waals surface area contributed by atoms with Crippen LogP contribution in [0, 0.1) is 0 Å². The smallest absolute Gasteiger partial charge is 0.0702 e. The second-order valence-electron chi connectivity index (χ2n) is 20.6. The normalized spacial score (nSPS) is 10.9. The molecule has 0 spiro atoms. The summed E-state index contributed by atoms with van der Waals surface area (Å²) in [6, 6.07) is 40.0. The van der Waals surface area contributed by atoms with Crippen LogP contribution in [0.5, 0.6) is 0 Å². The van der Waals surface area contributed by atoms with E-state index in [-0.39, 0.29) is 0 Å². The van der Waals surface area contributed by atoms with Gasteiger partial charge in [0.25, 0.3) is 0 Å². The Labute approximate surface area is 442 Å². The van der Waals surface area contributed by atoms with Crippen molar-refractivity contribution in [1.29, 1.82) is 0 Å². The van der Waals surface area contributed by atoms with E-state index in [0.717, 1.165) is 42.8 Å². The van der Waals surface area contributed by atoms with Crippen LogP contribution in [0.15, 0.2) is 128 Å². The van der Waals surface area contributed by atoms with E-state index in [2.05, 4.69) is 184 Å². The molecule has 3 aromatic heterocycles. The third kappa shape index (κ3) is 25.2. The van der Waals surface area contributed by atoms with Crippen molar-refractivity contribution in [3.8, 4) is 33.8 Å². The van der Waals surface area contributed by atoms with Crippen molar-refractivity contribution < 1.29 is 0 Å². The van der Waals surface area contributed by atoms with Crippen molar-refractivity contribution >= 4 is 0 Å². The standard InChI is InChI=1S/C24H35N.C23H33N.C22H31N/c1-3-5-7-8-9-11-13-22-16-19-24(25-20-22)23-17-14-21(15-18-23)12-10-6-4-2;1-3-5-7-8-9-10-12-21-15-18-23(24-19-21)22-16-13-20(14-17-22)11-6-4-2;1-3-5-6-7-8-9-11-20-14-17-22(23-18-20)21-15-12-19(10-4-2)13-16-21/h14-20H,3-13H2,1-2H3;13-19H,3-12H2,1-2H3;12-18H,3-11H2,1-2H3. The molecule has 3 heterocycles. The van der Waals surface area contributed by atoms with Crippen LogP contribution in [0.4, 0.5) is 0 Å². The summed E-state index contributed by atoms with van der Waals surface area (Å²) in [7, 11) is 0. The molecule has 0 aliphatic heterocycles. The van der Waals surface area contributed by atoms with Gasteiger partial charge in [0.1, 0.15) is 0 Å². The maximum Gasteiger partial charge on any atom is 0.0702 e. The van der Waals surface area contributed by atoms with E-state index in [4.69, 9.17) is 0 Å². The van der Waals surface area contributed by atoms with Gasteiger partial charge in [-0.15, -0.1) is 0 Å². The molecule has 0 N–H and O–H groups in total. The maximum absolute atomic E-state index is 4.68. The number of aryl methyl sites for hydroxylation is 6. The van der Waals surface area contributed by atoms with Crippen molar-refractivity contribution in [3.63, 3.8) is 0 Å². The lowest BCUT2D eigenvalue weighted by molar-refractivity contribution is 0.607. The summed E-state index contributed by atoms with van der Waals surface area (Å²) in [4.78, 5) is 14.0. The molecule has 0 fully saturated rings. The Morgan fingerprint density at radius 2 is 0.444 bits per heavy atom. The predicted molar refractivity (Wildman–Crippen MR) is 316 cm³/mol. The molecule has 0 saturated heterocycles. The molecular weight excluding hydrogens is 871 g/mol. The molecule has 6 rings (SSSR count). The van der Waals surface area contributed by atoms with Gasteiger partial charge in [0.2, 0.25) is 0 Å². The fraction of sp³-hybridized carbons (Fsp3) is 0.522. The van der Waals surface area contributed by atoms with Gasteiger partial charge < -0.3 is 0 Å². The molecule has 0 atom stereocenters. The van der Waals surface area contributed by atoms with E-state index >= 15 is 0 Å². The first-order valence-corrected chi connectivity index (χ1v) is 29.6. The SMILES string of the molecule is CCCCCCCCc1ccc(-c2ccc(CCC)cc2)nc1.CCCCCCCCc1ccc(-c2ccc(CCCC)cc2)nc1.CCCCCCCCc1ccc(-c2ccc(CCCCC)cc2)nc1. The molecule has 0 unspecified atom stereocenters. The molecule has 6 aromatic rings. The van der Waals surface area contributed by atoms with Gasteiger partial charge >= 0.3 is 0 Å². The van der Waals surface area contributed by atoms with Gasteiger partial charge in [-0.2, -0.15) is 0 Å². The molecule has 3 heteroatoms. The lowest BCUT2D eigenvalue weighted by atomic mass is 10.0. The van der Waals surface area contributed by atoms with Crippen molar-refractivity contribution in [2.75, 3.05) is 0 Å². The van der Waals surface area contributed by atoms with Crippen molar-refractivity contribution in [2.24, 2.45) is 0 Å². The zero-order chi connectivity index (χ0) is 51.1. The molecule has 0 saturated carbocycles. The summed E-state index contributed by atoms with van der Waals surface area (Å²) in [5.74, 6) is 0. The van der Waals surface area contributed by atoms with Gasteiger partial charge in [0.05, 0.1) is 17.1 Å². The molecule has 3 aromatic carbocycles. The highest BCUT2D eigenvalue weighted by molar-refractivity contribution is 5.61. The van der Waals surface area contributed by atoms with E-state index in [9.17, 15) is 0 Å². The largest absolute Gasteiger partial charge is 0.256 e. The van der Waals surface area contributed by atoms with Crippen LogP contribution in [0.2, 0.25) is 0 Å². The Kier molecular flexibility index (Phi) is 32.1. The number of nitrogens with zero attached hydrogens (tertiary/aromatic N) is 3. The average molecular weight is 971 g/mol. The molecule has 390 valence electrons. The average Bonchev–Trinajstić information content (AvgIpc) is 3.43. The van der Waals surface area contributed by atoms with E-state index < -0.39 is 0 Å². The third-order valence-electron chi connectivity index (χ3n) is 14.1. The van der Waals surface area contributed by atoms with Gasteiger partial charge in [0.15, 0.2) is 0 Å². The molecule has 0 aliphatic rings. The first kappa shape index (κ1) is 59.7. The number of benzene rings is 3. The summed E-state index contributed by atoms with van der Waals surface area (Å²) in [5, 5.41) is 0. The van der Waals surface area contributed by atoms with Gasteiger partial charge in [-0.05, 0) is 122 Å². The second kappa shape index (κ2) is 38.7. The number of pyridine rings is 3. The van der Waals surface area contributed by atoms with Crippen LogP contribution < -0.4 is 0 Å². The molecule has 3 nitrogen and oxygen atoms in total. The number of rotatable bonds is 33. The fourth-order valence-electron chi connectivity index (χ4n) is 9.33. The summed E-state index contributed by atoms with van der Waals surface area (Å²) in [6.45, 7) is 13.5. The van der Waals surface area contributed by atoms with Gasteiger partial charge in [0, 0.05) is 35.3 Å². The molecule has 0 aliphatic carbocycles. The highest BCUT2D eigenvalue weighted by Gasteiger charge is 2.05. The third-order valence-corrected chi connectivity index (χ3v) is 14.1. The molecule has 72 heavy (non-hydrogen) atoms. The van der Waals surface area contributed by atoms with Crippen LogP contribution >= 0.6 is 0 Å². The van der Waals surface area contributed by atoms with E-state index in [1.54, 1.807) is 0 Å². The fourth-order valence-corrected chi connectivity index (χ4v) is 9.33. The summed E-state index contributed by atoms with van der Waals surface area (Å²) >= 11 is 0. The molecular formula is C69H99N3. The van der Waals surface area contributed by atoms with Gasteiger partial charge in [-0.25, -0.2) is 0 Å². The van der Waals surface area contributed by atoms with Crippen LogP contribution in [0.1, 0.15) is 229 Å². The molecule has 0 radical (unpaired) electrons. The second-order valence-corrected chi connectivity index (χ2v) is 20.6. The van der Waals surface area contributed by atoms with Crippen LogP contribution in [0.3, 0.4) is 0 Å². The van der Waals surface area contributed by atoms with Crippen LogP contribution in [-0.2, 0) is 38.5 Å². The summed E-state index contributed by atoms with van der Waals surface area (Å²) in [6.07, 6.45) is 45.2. The Hall–Kier alpha value is -4.89. The van der Waals surface area contributed by atoms with Crippen molar-refractivity contribution in [1.82, 2.24) is 15.0 Å². The highest BCUT2D eigenvalue weighted by Crippen LogP contribution is 2.23. The maximum atomic E-state index is 4.68. The topological polar surface area (TPSA) is 38.7 Å². The lowest BCUT2D eigenvalue weighted by Crippen LogP contribution is -1.91. The number of hydrogen-bond donors (Lipinski definition) is 0. The number of hydrogen-bond acceptors (Lipinski definition) is 3. The minimum atomic E-state index is 1.08. The Balaban J connectivity index is 0.000000235. The minimum absolute atomic E-state index is 1.08. The molecule has 0 bridgehead atoms. The number of unbranched alkanes of at least 4 members (excludes halogenated alkanes) is 18. The van der Waals surface area contributed by atoms with Crippen LogP contribution in [0.25, 0.3) is 33.8 Å². The zero-order valence-electron chi connectivity index (χ0n) is 46.7. The quantitative estimate of drug-likeness (QED) is 0.0386. The number of aromatic nitrogens is 3. The van der Waals surface area contributed by atoms with Crippen LogP contribution in [-0.4, -0.2) is 15.0 Å². The summed E-state index contributed by atoms with van der Waals surface area (Å²) in [5.41, 5.74) is 15.3. The first-order valence-electron chi connectivity index (χ1n) is 29.6. The summed E-state index contributed by atoms with van der Waals surface area (Å²) < 4.78 is 0. The zero-order valence-corrected chi connectivity index (χ0v) is 46.7. The highest BCUT2D eigenvalue weighted by atomic mass is 14.7. The Morgan fingerprint density at radius 1 is 0.208 bits per heavy atom. The molecule has 0 amide bonds. The lowest BCUT2D eigenvalue weighted by Gasteiger charge is -2.06. The van der Waals surface area contributed by atoms with Gasteiger partial charge in [-0.1, -0.05) is 255 Å². The Bertz CT molecular complexity index is 2170. The monoisotopic (exact) mass is 970 g/mol. The van der Waals surface area contributed by atoms with Crippen molar-refractivity contribution in [2.45, 2.75) is 234 Å². The van der Waals surface area contributed by atoms with E-state index in [1.165, 1.54) is 217 Å².